The fourth-order valence-corrected chi connectivity index (χ4v) is 2.93. The van der Waals surface area contributed by atoms with Gasteiger partial charge in [-0.3, -0.25) is 9.78 Å². The lowest BCUT2D eigenvalue weighted by Gasteiger charge is -2.16. The standard InChI is InChI=1S/C19H31N5O2/c1-2-21-19(22-12-13-26-17-9-5-3-4-6-10-17)23-15-18(25)24-16-8-7-11-20-14-16/h7-8,11,14,17H,2-6,9-10,12-13,15H2,1H3,(H,24,25)(H2,21,22,23). The van der Waals surface area contributed by atoms with Gasteiger partial charge in [0.2, 0.25) is 5.91 Å². The van der Waals surface area contributed by atoms with Crippen molar-refractivity contribution in [1.82, 2.24) is 15.6 Å². The molecule has 7 heteroatoms. The molecule has 1 saturated carbocycles. The van der Waals surface area contributed by atoms with Crippen molar-refractivity contribution in [3.8, 4) is 0 Å². The zero-order valence-electron chi connectivity index (χ0n) is 15.7. The summed E-state index contributed by atoms with van der Waals surface area (Å²) in [4.78, 5) is 20.2. The molecule has 1 aromatic rings. The summed E-state index contributed by atoms with van der Waals surface area (Å²) in [5, 5.41) is 9.12. The molecule has 7 nitrogen and oxygen atoms in total. The summed E-state index contributed by atoms with van der Waals surface area (Å²) in [7, 11) is 0. The highest BCUT2D eigenvalue weighted by Gasteiger charge is 2.12. The monoisotopic (exact) mass is 361 g/mol. The Hall–Kier alpha value is -2.15. The summed E-state index contributed by atoms with van der Waals surface area (Å²) in [5.74, 6) is 0.447. The number of nitrogens with one attached hydrogen (secondary N) is 3. The van der Waals surface area contributed by atoms with E-state index in [0.29, 0.717) is 30.9 Å². The van der Waals surface area contributed by atoms with Crippen molar-refractivity contribution in [1.29, 1.82) is 0 Å². The van der Waals surface area contributed by atoms with Crippen LogP contribution in [0, 0.1) is 0 Å². The highest BCUT2D eigenvalue weighted by molar-refractivity contribution is 5.93. The molecule has 1 heterocycles. The lowest BCUT2D eigenvalue weighted by molar-refractivity contribution is -0.114. The maximum Gasteiger partial charge on any atom is 0.246 e. The predicted octanol–water partition coefficient (Wildman–Crippen LogP) is 2.31. The Balaban J connectivity index is 1.69. The van der Waals surface area contributed by atoms with Crippen molar-refractivity contribution < 1.29 is 9.53 Å². The first kappa shape index (κ1) is 20.2. The minimum absolute atomic E-state index is 0.0493. The molecule has 0 aliphatic heterocycles. The van der Waals surface area contributed by atoms with E-state index >= 15 is 0 Å². The Morgan fingerprint density at radius 3 is 2.77 bits per heavy atom. The zero-order chi connectivity index (χ0) is 18.5. The maximum atomic E-state index is 12.0. The topological polar surface area (TPSA) is 87.6 Å². The van der Waals surface area contributed by atoms with E-state index in [4.69, 9.17) is 4.74 Å². The van der Waals surface area contributed by atoms with Gasteiger partial charge in [0.15, 0.2) is 5.96 Å². The molecule has 1 aliphatic carbocycles. The van der Waals surface area contributed by atoms with Gasteiger partial charge in [-0.15, -0.1) is 0 Å². The molecular formula is C19H31N5O2. The van der Waals surface area contributed by atoms with Gasteiger partial charge in [0.25, 0.3) is 0 Å². The van der Waals surface area contributed by atoms with E-state index in [1.807, 2.05) is 6.92 Å². The highest BCUT2D eigenvalue weighted by atomic mass is 16.5. The summed E-state index contributed by atoms with van der Waals surface area (Å²) >= 11 is 0. The Kier molecular flexibility index (Phi) is 9.50. The molecular weight excluding hydrogens is 330 g/mol. The molecule has 0 saturated heterocycles. The molecule has 0 radical (unpaired) electrons. The van der Waals surface area contributed by atoms with E-state index in [9.17, 15) is 4.79 Å². The Labute approximate surface area is 156 Å². The number of aromatic nitrogens is 1. The molecule has 0 spiro atoms. The van der Waals surface area contributed by atoms with Gasteiger partial charge in [0, 0.05) is 19.3 Å². The van der Waals surface area contributed by atoms with E-state index in [-0.39, 0.29) is 12.5 Å². The van der Waals surface area contributed by atoms with Crippen LogP contribution in [0.3, 0.4) is 0 Å². The van der Waals surface area contributed by atoms with Gasteiger partial charge in [-0.25, -0.2) is 4.99 Å². The first-order valence-electron chi connectivity index (χ1n) is 9.61. The van der Waals surface area contributed by atoms with Gasteiger partial charge in [-0.05, 0) is 31.9 Å². The normalized spacial score (nSPS) is 16.0. The number of aliphatic imine (C=N–C) groups is 1. The molecule has 26 heavy (non-hydrogen) atoms. The number of guanidine groups is 1. The third kappa shape index (κ3) is 8.29. The number of hydrogen-bond acceptors (Lipinski definition) is 4. The van der Waals surface area contributed by atoms with Crippen molar-refractivity contribution in [2.45, 2.75) is 51.6 Å². The summed E-state index contributed by atoms with van der Waals surface area (Å²) in [6, 6.07) is 3.57. The minimum Gasteiger partial charge on any atom is -0.376 e. The quantitative estimate of drug-likeness (QED) is 0.286. The molecule has 0 unspecified atom stereocenters. The van der Waals surface area contributed by atoms with Crippen LogP contribution in [-0.4, -0.2) is 49.2 Å². The molecule has 1 aromatic heterocycles. The molecule has 0 aromatic carbocycles. The lowest BCUT2D eigenvalue weighted by atomic mass is 10.1. The van der Waals surface area contributed by atoms with Gasteiger partial charge in [0.05, 0.1) is 24.6 Å². The Bertz CT molecular complexity index is 542. The Morgan fingerprint density at radius 1 is 1.27 bits per heavy atom. The number of carbonyl (C=O) groups excluding carboxylic acids is 1. The zero-order valence-corrected chi connectivity index (χ0v) is 15.7. The van der Waals surface area contributed by atoms with Crippen LogP contribution < -0.4 is 16.0 Å². The first-order valence-corrected chi connectivity index (χ1v) is 9.61. The van der Waals surface area contributed by atoms with Crippen molar-refractivity contribution >= 4 is 17.6 Å². The van der Waals surface area contributed by atoms with E-state index in [0.717, 1.165) is 6.54 Å². The van der Waals surface area contributed by atoms with E-state index in [2.05, 4.69) is 25.9 Å². The number of anilines is 1. The number of hydrogen-bond donors (Lipinski definition) is 3. The molecule has 144 valence electrons. The third-order valence-electron chi connectivity index (χ3n) is 4.22. The van der Waals surface area contributed by atoms with Gasteiger partial charge < -0.3 is 20.7 Å². The smallest absolute Gasteiger partial charge is 0.246 e. The summed E-state index contributed by atoms with van der Waals surface area (Å²) in [6.45, 7) is 4.10. The van der Waals surface area contributed by atoms with E-state index < -0.39 is 0 Å². The van der Waals surface area contributed by atoms with Crippen molar-refractivity contribution in [2.24, 2.45) is 4.99 Å². The number of carbonyl (C=O) groups is 1. The Morgan fingerprint density at radius 2 is 2.08 bits per heavy atom. The summed E-state index contributed by atoms with van der Waals surface area (Å²) in [5.41, 5.74) is 0.669. The molecule has 1 fully saturated rings. The van der Waals surface area contributed by atoms with Crippen LogP contribution in [0.4, 0.5) is 5.69 Å². The first-order chi connectivity index (χ1) is 12.8. The number of amides is 1. The third-order valence-corrected chi connectivity index (χ3v) is 4.22. The van der Waals surface area contributed by atoms with Crippen LogP contribution in [0.1, 0.15) is 45.4 Å². The van der Waals surface area contributed by atoms with Gasteiger partial charge in [-0.2, -0.15) is 0 Å². The van der Waals surface area contributed by atoms with E-state index in [1.165, 1.54) is 38.5 Å². The average Bonchev–Trinajstić information content (AvgIpc) is 2.93. The van der Waals surface area contributed by atoms with E-state index in [1.54, 1.807) is 24.5 Å². The van der Waals surface area contributed by atoms with Crippen molar-refractivity contribution in [2.75, 3.05) is 31.6 Å². The fraction of sp³-hybridized carbons (Fsp3) is 0.632. The van der Waals surface area contributed by atoms with Crippen LogP contribution in [0.15, 0.2) is 29.5 Å². The fourth-order valence-electron chi connectivity index (χ4n) is 2.93. The lowest BCUT2D eigenvalue weighted by Crippen LogP contribution is -2.40. The second kappa shape index (κ2) is 12.2. The molecule has 1 amide bonds. The maximum absolute atomic E-state index is 12.0. The van der Waals surface area contributed by atoms with Crippen LogP contribution in [0.25, 0.3) is 0 Å². The van der Waals surface area contributed by atoms with Crippen LogP contribution in [-0.2, 0) is 9.53 Å². The highest BCUT2D eigenvalue weighted by Crippen LogP contribution is 2.19. The molecule has 0 atom stereocenters. The second-order valence-corrected chi connectivity index (χ2v) is 6.40. The molecule has 2 rings (SSSR count). The van der Waals surface area contributed by atoms with Crippen molar-refractivity contribution in [3.05, 3.63) is 24.5 Å². The molecule has 3 N–H and O–H groups in total. The number of pyridine rings is 1. The number of rotatable bonds is 8. The van der Waals surface area contributed by atoms with Crippen LogP contribution in [0.2, 0.25) is 0 Å². The van der Waals surface area contributed by atoms with Crippen LogP contribution in [0.5, 0.6) is 0 Å². The summed E-state index contributed by atoms with van der Waals surface area (Å²) in [6.07, 6.45) is 11.2. The average molecular weight is 361 g/mol. The number of nitrogens with zero attached hydrogens (tertiary/aromatic N) is 2. The largest absolute Gasteiger partial charge is 0.376 e. The van der Waals surface area contributed by atoms with Gasteiger partial charge >= 0.3 is 0 Å². The van der Waals surface area contributed by atoms with Crippen molar-refractivity contribution in [3.63, 3.8) is 0 Å². The predicted molar refractivity (Wildman–Crippen MR) is 104 cm³/mol. The molecule has 1 aliphatic rings. The summed E-state index contributed by atoms with van der Waals surface area (Å²) < 4.78 is 5.96. The SMILES string of the molecule is CCNC(=NCC(=O)Nc1cccnc1)NCCOC1CCCCCC1. The van der Waals surface area contributed by atoms with Gasteiger partial charge in [-0.1, -0.05) is 25.7 Å². The second-order valence-electron chi connectivity index (χ2n) is 6.40. The molecule has 0 bridgehead atoms. The number of ether oxygens (including phenoxy) is 1. The minimum atomic E-state index is -0.176. The van der Waals surface area contributed by atoms with Crippen LogP contribution >= 0.6 is 0 Å². The van der Waals surface area contributed by atoms with Gasteiger partial charge in [0.1, 0.15) is 6.54 Å².